The van der Waals surface area contributed by atoms with Crippen molar-refractivity contribution >= 4 is 39.2 Å². The number of hydrogen-bond acceptors (Lipinski definition) is 7. The fourth-order valence-electron chi connectivity index (χ4n) is 6.92. The number of methoxy groups -OCH3 is 2. The highest BCUT2D eigenvalue weighted by Gasteiger charge is 2.43. The van der Waals surface area contributed by atoms with Gasteiger partial charge in [-0.15, -0.1) is 0 Å². The Labute approximate surface area is 267 Å². The lowest BCUT2D eigenvalue weighted by Crippen LogP contribution is -2.55. The summed E-state index contributed by atoms with van der Waals surface area (Å²) in [5.74, 6) is -0.378. The van der Waals surface area contributed by atoms with Gasteiger partial charge in [-0.3, -0.25) is 4.79 Å². The maximum absolute atomic E-state index is 13.9. The maximum atomic E-state index is 13.9. The number of ether oxygens (including phenoxy) is 2. The summed E-state index contributed by atoms with van der Waals surface area (Å²) in [6, 6.07) is 16.0. The number of piperazine rings is 1. The average molecular weight is 656 g/mol. The zero-order valence-corrected chi connectivity index (χ0v) is 26.7. The number of halogens is 2. The third kappa shape index (κ3) is 6.01. The Balaban J connectivity index is 1.17. The standard InChI is InChI=1S/C33H35ClFN3O6S/c1-43-31-12-10-27(45(41,42)37-15-13-22(14-16-37)21-3-5-23(6-4-21)33(40)44-2)18-30(31)38-25-8-9-26(38)20-36(19-25)32(39)28-11-7-24(35)17-29(28)34/h3-7,10-12,17-18,22,25-26H,8-9,13-16,19-20H2,1-2H3/t25-,26+. The van der Waals surface area contributed by atoms with E-state index in [1.807, 2.05) is 12.1 Å². The number of anilines is 1. The summed E-state index contributed by atoms with van der Waals surface area (Å²) in [5, 5.41) is 0.0786. The van der Waals surface area contributed by atoms with Gasteiger partial charge in [-0.25, -0.2) is 17.6 Å². The van der Waals surface area contributed by atoms with E-state index in [0.717, 1.165) is 24.5 Å². The van der Waals surface area contributed by atoms with Crippen molar-refractivity contribution in [3.8, 4) is 5.75 Å². The Morgan fingerprint density at radius 3 is 2.16 bits per heavy atom. The van der Waals surface area contributed by atoms with Crippen LogP contribution in [0, 0.1) is 5.82 Å². The van der Waals surface area contributed by atoms with Gasteiger partial charge in [0.15, 0.2) is 0 Å². The number of benzene rings is 3. The highest BCUT2D eigenvalue weighted by Crippen LogP contribution is 2.42. The number of piperidine rings is 1. The minimum Gasteiger partial charge on any atom is -0.495 e. The first-order chi connectivity index (χ1) is 21.6. The van der Waals surface area contributed by atoms with Crippen LogP contribution >= 0.6 is 11.6 Å². The molecule has 3 aromatic carbocycles. The Morgan fingerprint density at radius 2 is 1.56 bits per heavy atom. The highest BCUT2D eigenvalue weighted by molar-refractivity contribution is 7.89. The molecule has 2 bridgehead atoms. The van der Waals surface area contributed by atoms with Gasteiger partial charge in [-0.1, -0.05) is 23.7 Å². The number of likely N-dealkylation sites (tertiary alicyclic amines) is 1. The van der Waals surface area contributed by atoms with Crippen LogP contribution in [-0.4, -0.2) is 82.0 Å². The minimum atomic E-state index is -3.78. The molecule has 2 atom stereocenters. The fourth-order valence-corrected chi connectivity index (χ4v) is 8.65. The quantitative estimate of drug-likeness (QED) is 0.317. The van der Waals surface area contributed by atoms with Gasteiger partial charge in [-0.05, 0) is 85.7 Å². The molecule has 12 heteroatoms. The van der Waals surface area contributed by atoms with Crippen molar-refractivity contribution in [3.05, 3.63) is 88.2 Å². The number of rotatable bonds is 7. The molecule has 238 valence electrons. The lowest BCUT2D eigenvalue weighted by Gasteiger charge is -2.43. The Kier molecular flexibility index (Phi) is 8.78. The number of hydrogen-bond donors (Lipinski definition) is 0. The smallest absolute Gasteiger partial charge is 0.337 e. The average Bonchev–Trinajstić information content (AvgIpc) is 3.32. The van der Waals surface area contributed by atoms with Crippen molar-refractivity contribution in [1.82, 2.24) is 9.21 Å². The molecular formula is C33H35ClFN3O6S. The van der Waals surface area contributed by atoms with E-state index in [1.54, 1.807) is 42.3 Å². The molecule has 3 heterocycles. The number of esters is 1. The summed E-state index contributed by atoms with van der Waals surface area (Å²) in [4.78, 5) is 29.2. The van der Waals surface area contributed by atoms with Crippen molar-refractivity contribution in [1.29, 1.82) is 0 Å². The molecule has 0 N–H and O–H groups in total. The molecule has 0 radical (unpaired) electrons. The van der Waals surface area contributed by atoms with Crippen molar-refractivity contribution in [2.75, 3.05) is 45.3 Å². The predicted octanol–water partition coefficient (Wildman–Crippen LogP) is 5.34. The van der Waals surface area contributed by atoms with Gasteiger partial charge >= 0.3 is 5.97 Å². The first-order valence-corrected chi connectivity index (χ1v) is 16.8. The van der Waals surface area contributed by atoms with Gasteiger partial charge in [0.25, 0.3) is 5.91 Å². The molecule has 3 fully saturated rings. The van der Waals surface area contributed by atoms with Gasteiger partial charge in [0.2, 0.25) is 10.0 Å². The number of carbonyl (C=O) groups excluding carboxylic acids is 2. The lowest BCUT2D eigenvalue weighted by molar-refractivity contribution is 0.0600. The molecule has 0 unspecified atom stereocenters. The normalized spacial score (nSPS) is 20.7. The molecule has 0 spiro atoms. The van der Waals surface area contributed by atoms with E-state index in [0.29, 0.717) is 56.0 Å². The van der Waals surface area contributed by atoms with Gasteiger partial charge in [0.1, 0.15) is 11.6 Å². The van der Waals surface area contributed by atoms with Crippen LogP contribution < -0.4 is 9.64 Å². The summed E-state index contributed by atoms with van der Waals surface area (Å²) >= 11 is 6.19. The van der Waals surface area contributed by atoms with Crippen molar-refractivity contribution in [2.45, 2.75) is 48.6 Å². The minimum absolute atomic E-state index is 0.0416. The molecule has 0 saturated carbocycles. The van der Waals surface area contributed by atoms with Crippen LogP contribution in [0.5, 0.6) is 5.75 Å². The summed E-state index contributed by atoms with van der Waals surface area (Å²) in [5.41, 5.74) is 2.51. The third-order valence-corrected chi connectivity index (χ3v) is 11.5. The second kappa shape index (κ2) is 12.6. The predicted molar refractivity (Wildman–Crippen MR) is 168 cm³/mol. The number of nitrogens with zero attached hydrogens (tertiary/aromatic N) is 3. The summed E-state index contributed by atoms with van der Waals surface area (Å²) in [6.45, 7) is 1.62. The van der Waals surface area contributed by atoms with Crippen LogP contribution in [0.4, 0.5) is 10.1 Å². The third-order valence-electron chi connectivity index (χ3n) is 9.25. The Morgan fingerprint density at radius 1 is 0.889 bits per heavy atom. The molecule has 9 nitrogen and oxygen atoms in total. The first kappa shape index (κ1) is 31.3. The number of fused-ring (bicyclic) bond motifs is 2. The van der Waals surface area contributed by atoms with Gasteiger partial charge in [0.05, 0.1) is 41.0 Å². The molecule has 3 aliphatic rings. The number of amides is 1. The first-order valence-electron chi connectivity index (χ1n) is 15.0. The number of carbonyl (C=O) groups is 2. The van der Waals surface area contributed by atoms with Crippen LogP contribution in [0.2, 0.25) is 5.02 Å². The maximum Gasteiger partial charge on any atom is 0.337 e. The number of sulfonamides is 1. The van der Waals surface area contributed by atoms with Crippen LogP contribution in [0.1, 0.15) is 57.9 Å². The molecule has 6 rings (SSSR count). The molecule has 3 saturated heterocycles. The van der Waals surface area contributed by atoms with E-state index in [9.17, 15) is 22.4 Å². The van der Waals surface area contributed by atoms with E-state index in [2.05, 4.69) is 4.90 Å². The van der Waals surface area contributed by atoms with Crippen molar-refractivity contribution in [3.63, 3.8) is 0 Å². The zero-order chi connectivity index (χ0) is 31.9. The van der Waals surface area contributed by atoms with E-state index in [-0.39, 0.29) is 45.4 Å². The monoisotopic (exact) mass is 655 g/mol. The molecular weight excluding hydrogens is 621 g/mol. The van der Waals surface area contributed by atoms with E-state index >= 15 is 0 Å². The van der Waals surface area contributed by atoms with Crippen LogP contribution in [-0.2, 0) is 14.8 Å². The second-order valence-electron chi connectivity index (χ2n) is 11.8. The summed E-state index contributed by atoms with van der Waals surface area (Å²) in [6.07, 6.45) is 3.00. The van der Waals surface area contributed by atoms with Gasteiger partial charge in [-0.2, -0.15) is 4.31 Å². The SMILES string of the molecule is COC(=O)c1ccc(C2CCN(S(=O)(=O)c3ccc(OC)c(N4[C@@H]5CC[C@H]4CN(C(=O)c4ccc(F)cc4Cl)C5)c3)CC2)cc1. The van der Waals surface area contributed by atoms with Gasteiger partial charge in [0, 0.05) is 38.3 Å². The van der Waals surface area contributed by atoms with Crippen LogP contribution in [0.25, 0.3) is 0 Å². The Hall–Kier alpha value is -3.67. The van der Waals surface area contributed by atoms with E-state index in [1.165, 1.54) is 23.5 Å². The molecule has 3 aromatic rings. The molecule has 0 aromatic heterocycles. The van der Waals surface area contributed by atoms with Crippen molar-refractivity contribution < 1.29 is 31.9 Å². The molecule has 45 heavy (non-hydrogen) atoms. The van der Waals surface area contributed by atoms with Gasteiger partial charge < -0.3 is 19.3 Å². The molecule has 3 aliphatic heterocycles. The second-order valence-corrected chi connectivity index (χ2v) is 14.1. The van der Waals surface area contributed by atoms with Crippen molar-refractivity contribution in [2.24, 2.45) is 0 Å². The largest absolute Gasteiger partial charge is 0.495 e. The highest BCUT2D eigenvalue weighted by atomic mass is 35.5. The summed E-state index contributed by atoms with van der Waals surface area (Å²) < 4.78 is 53.3. The molecule has 0 aliphatic carbocycles. The zero-order valence-electron chi connectivity index (χ0n) is 25.1. The van der Waals surface area contributed by atoms with E-state index < -0.39 is 15.8 Å². The lowest BCUT2D eigenvalue weighted by atomic mass is 9.90. The Bertz CT molecular complexity index is 1700. The van der Waals surface area contributed by atoms with E-state index in [4.69, 9.17) is 21.1 Å². The fraction of sp³-hybridized carbons (Fsp3) is 0.394. The molecule has 1 amide bonds. The van der Waals surface area contributed by atoms with Crippen LogP contribution in [0.15, 0.2) is 65.6 Å². The summed E-state index contributed by atoms with van der Waals surface area (Å²) in [7, 11) is -0.868. The topological polar surface area (TPSA) is 96.5 Å². The van der Waals surface area contributed by atoms with Crippen LogP contribution in [0.3, 0.4) is 0 Å².